The maximum Gasteiger partial charge on any atom is 0.339 e. The van der Waals surface area contributed by atoms with E-state index in [1.165, 1.54) is 12.1 Å². The molecule has 0 aliphatic heterocycles. The van der Waals surface area contributed by atoms with Crippen molar-refractivity contribution in [1.82, 2.24) is 5.32 Å². The van der Waals surface area contributed by atoms with Crippen LogP contribution in [0.15, 0.2) is 54.6 Å². The van der Waals surface area contributed by atoms with Gasteiger partial charge in [-0.2, -0.15) is 0 Å². The number of esters is 1. The lowest BCUT2D eigenvalue weighted by Gasteiger charge is -2.20. The first-order valence-electron chi connectivity index (χ1n) is 8.31. The lowest BCUT2D eigenvalue weighted by Crippen LogP contribution is -2.45. The number of carbonyl (C=O) groups excluding carboxylic acids is 4. The summed E-state index contributed by atoms with van der Waals surface area (Å²) in [5.74, 6) is -2.41. The van der Waals surface area contributed by atoms with E-state index < -0.39 is 29.9 Å². The van der Waals surface area contributed by atoms with Crippen LogP contribution in [-0.2, 0) is 9.53 Å². The Labute approximate surface area is 156 Å². The minimum atomic E-state index is -1.23. The molecule has 27 heavy (non-hydrogen) atoms. The summed E-state index contributed by atoms with van der Waals surface area (Å²) in [5, 5.41) is 1.90. The van der Waals surface area contributed by atoms with Crippen molar-refractivity contribution in [3.63, 3.8) is 0 Å². The molecule has 0 bridgehead atoms. The average Bonchev–Trinajstić information content (AvgIpc) is 2.65. The van der Waals surface area contributed by atoms with Crippen molar-refractivity contribution >= 4 is 23.7 Å². The van der Waals surface area contributed by atoms with Gasteiger partial charge in [-0.3, -0.25) is 14.9 Å². The largest absolute Gasteiger partial charge is 0.448 e. The number of hydrogen-bond donors (Lipinski definition) is 2. The van der Waals surface area contributed by atoms with Crippen molar-refractivity contribution in [2.45, 2.75) is 20.0 Å². The van der Waals surface area contributed by atoms with Crippen LogP contribution in [-0.4, -0.2) is 29.8 Å². The van der Waals surface area contributed by atoms with Crippen molar-refractivity contribution in [1.29, 1.82) is 0 Å². The van der Waals surface area contributed by atoms with E-state index >= 15 is 0 Å². The van der Waals surface area contributed by atoms with Crippen LogP contribution in [0.4, 0.5) is 4.79 Å². The summed E-state index contributed by atoms with van der Waals surface area (Å²) in [6.45, 7) is 3.30. The predicted molar refractivity (Wildman–Crippen MR) is 98.1 cm³/mol. The number of ketones is 1. The third-order valence-electron chi connectivity index (χ3n) is 3.77. The van der Waals surface area contributed by atoms with Gasteiger partial charge in [0.25, 0.3) is 5.91 Å². The number of nitrogens with two attached hydrogens (primary N) is 1. The van der Waals surface area contributed by atoms with Crippen LogP contribution in [0.3, 0.4) is 0 Å². The second-order valence-corrected chi connectivity index (χ2v) is 6.16. The summed E-state index contributed by atoms with van der Waals surface area (Å²) in [4.78, 5) is 48.3. The molecule has 3 amide bonds. The molecule has 140 valence electrons. The van der Waals surface area contributed by atoms with Crippen LogP contribution < -0.4 is 11.1 Å². The maximum atomic E-state index is 12.7. The fourth-order valence-corrected chi connectivity index (χ4v) is 2.47. The molecule has 0 radical (unpaired) electrons. The highest BCUT2D eigenvalue weighted by Crippen LogP contribution is 2.18. The van der Waals surface area contributed by atoms with Gasteiger partial charge in [0.2, 0.25) is 0 Å². The zero-order chi connectivity index (χ0) is 20.0. The van der Waals surface area contributed by atoms with Crippen molar-refractivity contribution in [2.75, 3.05) is 0 Å². The number of imide groups is 1. The molecular formula is C20H20N2O5. The lowest BCUT2D eigenvalue weighted by atomic mass is 9.98. The van der Waals surface area contributed by atoms with Gasteiger partial charge in [0.05, 0.1) is 5.56 Å². The predicted octanol–water partition coefficient (Wildman–Crippen LogP) is 2.29. The number of amides is 3. The molecule has 7 nitrogen and oxygen atoms in total. The smallest absolute Gasteiger partial charge is 0.339 e. The summed E-state index contributed by atoms with van der Waals surface area (Å²) < 4.78 is 5.28. The third-order valence-corrected chi connectivity index (χ3v) is 3.77. The van der Waals surface area contributed by atoms with E-state index in [1.54, 1.807) is 56.3 Å². The van der Waals surface area contributed by atoms with E-state index in [9.17, 15) is 19.2 Å². The minimum absolute atomic E-state index is 0.0314. The fraction of sp³-hybridized carbons (Fsp3) is 0.200. The molecule has 1 atom stereocenters. The van der Waals surface area contributed by atoms with Crippen molar-refractivity contribution in [3.8, 4) is 0 Å². The normalized spacial score (nSPS) is 11.5. The molecule has 0 saturated heterocycles. The molecule has 0 spiro atoms. The van der Waals surface area contributed by atoms with Gasteiger partial charge in [0, 0.05) is 11.1 Å². The van der Waals surface area contributed by atoms with Crippen LogP contribution in [0.25, 0.3) is 0 Å². The molecule has 0 aliphatic rings. The van der Waals surface area contributed by atoms with E-state index in [2.05, 4.69) is 0 Å². The van der Waals surface area contributed by atoms with E-state index in [0.29, 0.717) is 5.56 Å². The van der Waals surface area contributed by atoms with Crippen LogP contribution in [0, 0.1) is 5.92 Å². The third kappa shape index (κ3) is 5.01. The molecule has 7 heteroatoms. The van der Waals surface area contributed by atoms with Gasteiger partial charge in [-0.1, -0.05) is 62.4 Å². The van der Waals surface area contributed by atoms with Crippen LogP contribution in [0.2, 0.25) is 0 Å². The standard InChI is InChI=1S/C20H20N2O5/c1-12(2)17(18(24)22-20(21)26)27-19(25)15-11-7-6-10-14(15)16(23)13-8-4-3-5-9-13/h3-12,17H,1-2H3,(H3,21,22,24,26)/t17-/m1/s1. The van der Waals surface area contributed by atoms with E-state index in [1.807, 2.05) is 5.32 Å². The number of carbonyl (C=O) groups is 4. The molecule has 3 N–H and O–H groups in total. The van der Waals surface area contributed by atoms with Crippen LogP contribution in [0.1, 0.15) is 40.1 Å². The van der Waals surface area contributed by atoms with E-state index in [0.717, 1.165) is 0 Å². The SMILES string of the molecule is CC(C)[C@@H](OC(=O)c1ccccc1C(=O)c1ccccc1)C(=O)NC(N)=O. The van der Waals surface area contributed by atoms with Gasteiger partial charge in [0.15, 0.2) is 11.9 Å². The summed E-state index contributed by atoms with van der Waals surface area (Å²) >= 11 is 0. The van der Waals surface area contributed by atoms with E-state index in [-0.39, 0.29) is 16.9 Å². The highest BCUT2D eigenvalue weighted by molar-refractivity contribution is 6.14. The molecule has 0 unspecified atom stereocenters. The van der Waals surface area contributed by atoms with Crippen molar-refractivity contribution in [2.24, 2.45) is 11.7 Å². The number of rotatable bonds is 6. The number of benzene rings is 2. The Bertz CT molecular complexity index is 862. The number of nitrogens with one attached hydrogen (secondary N) is 1. The van der Waals surface area contributed by atoms with Gasteiger partial charge in [-0.25, -0.2) is 9.59 Å². The van der Waals surface area contributed by atoms with E-state index in [4.69, 9.17) is 10.5 Å². The summed E-state index contributed by atoms with van der Waals surface area (Å²) in [6.07, 6.45) is -1.23. The Kier molecular flexibility index (Phi) is 6.43. The topological polar surface area (TPSA) is 116 Å². The van der Waals surface area contributed by atoms with Crippen LogP contribution >= 0.6 is 0 Å². The zero-order valence-corrected chi connectivity index (χ0v) is 15.0. The molecule has 2 aromatic rings. The fourth-order valence-electron chi connectivity index (χ4n) is 2.47. The van der Waals surface area contributed by atoms with Gasteiger partial charge in [0.1, 0.15) is 0 Å². The second-order valence-electron chi connectivity index (χ2n) is 6.16. The zero-order valence-electron chi connectivity index (χ0n) is 15.0. The number of primary amides is 1. The van der Waals surface area contributed by atoms with Crippen molar-refractivity contribution in [3.05, 3.63) is 71.3 Å². The average molecular weight is 368 g/mol. The first kappa shape index (κ1) is 19.8. The number of urea groups is 1. The number of hydrogen-bond acceptors (Lipinski definition) is 5. The Morgan fingerprint density at radius 3 is 2.00 bits per heavy atom. The molecule has 0 aromatic heterocycles. The van der Waals surface area contributed by atoms with Gasteiger partial charge in [-0.05, 0) is 12.0 Å². The summed E-state index contributed by atoms with van der Waals surface area (Å²) in [6, 6.07) is 13.6. The molecule has 0 heterocycles. The second kappa shape index (κ2) is 8.75. The van der Waals surface area contributed by atoms with Gasteiger partial charge in [-0.15, -0.1) is 0 Å². The minimum Gasteiger partial charge on any atom is -0.448 e. The monoisotopic (exact) mass is 368 g/mol. The molecular weight excluding hydrogens is 348 g/mol. The number of ether oxygens (including phenoxy) is 1. The Hall–Kier alpha value is -3.48. The maximum absolute atomic E-state index is 12.7. The Balaban J connectivity index is 2.30. The molecule has 2 rings (SSSR count). The first-order chi connectivity index (χ1) is 12.8. The molecule has 2 aromatic carbocycles. The lowest BCUT2D eigenvalue weighted by molar-refractivity contribution is -0.130. The molecule has 0 fully saturated rings. The molecule has 0 saturated carbocycles. The Morgan fingerprint density at radius 1 is 0.889 bits per heavy atom. The van der Waals surface area contributed by atoms with Gasteiger partial charge >= 0.3 is 12.0 Å². The highest BCUT2D eigenvalue weighted by Gasteiger charge is 2.29. The van der Waals surface area contributed by atoms with Gasteiger partial charge < -0.3 is 10.5 Å². The molecule has 0 aliphatic carbocycles. The Morgan fingerprint density at radius 2 is 1.44 bits per heavy atom. The summed E-state index contributed by atoms with van der Waals surface area (Å²) in [5.41, 5.74) is 5.56. The van der Waals surface area contributed by atoms with Crippen molar-refractivity contribution < 1.29 is 23.9 Å². The quantitative estimate of drug-likeness (QED) is 0.599. The van der Waals surface area contributed by atoms with Crippen LogP contribution in [0.5, 0.6) is 0 Å². The first-order valence-corrected chi connectivity index (χ1v) is 8.31. The summed E-state index contributed by atoms with van der Waals surface area (Å²) in [7, 11) is 0. The highest BCUT2D eigenvalue weighted by atomic mass is 16.5.